The maximum Gasteiger partial charge on any atom is 0.227 e. The molecule has 0 aliphatic carbocycles. The molecule has 5 aromatic rings. The summed E-state index contributed by atoms with van der Waals surface area (Å²) in [5.74, 6) is 1.42. The summed E-state index contributed by atoms with van der Waals surface area (Å²) in [6.07, 6.45) is 1.80. The SMILES string of the molecule is c1ccc(-c2cccc(Oc3nccc4ccc5ccccc5c34)c2)cc1. The van der Waals surface area contributed by atoms with Crippen molar-refractivity contribution in [2.45, 2.75) is 0 Å². The van der Waals surface area contributed by atoms with Crippen LogP contribution in [0.3, 0.4) is 0 Å². The minimum atomic E-state index is 0.634. The van der Waals surface area contributed by atoms with Crippen molar-refractivity contribution in [2.24, 2.45) is 0 Å². The highest BCUT2D eigenvalue weighted by molar-refractivity contribution is 6.09. The van der Waals surface area contributed by atoms with Gasteiger partial charge in [-0.1, -0.05) is 78.9 Å². The second-order valence-corrected chi connectivity index (χ2v) is 6.50. The van der Waals surface area contributed by atoms with Crippen molar-refractivity contribution in [2.75, 3.05) is 0 Å². The van der Waals surface area contributed by atoms with Crippen molar-refractivity contribution < 1.29 is 4.74 Å². The van der Waals surface area contributed by atoms with Crippen molar-refractivity contribution in [3.8, 4) is 22.8 Å². The van der Waals surface area contributed by atoms with Crippen LogP contribution in [0.15, 0.2) is 103 Å². The molecular weight excluding hydrogens is 330 g/mol. The molecule has 0 atom stereocenters. The minimum absolute atomic E-state index is 0.634. The Kier molecular flexibility index (Phi) is 3.80. The zero-order chi connectivity index (χ0) is 18.1. The van der Waals surface area contributed by atoms with E-state index in [0.717, 1.165) is 27.5 Å². The molecule has 0 unspecified atom stereocenters. The molecule has 5 rings (SSSR count). The maximum absolute atomic E-state index is 6.25. The van der Waals surface area contributed by atoms with Crippen LogP contribution in [-0.2, 0) is 0 Å². The summed E-state index contributed by atoms with van der Waals surface area (Å²) in [5, 5.41) is 4.50. The molecule has 0 spiro atoms. The normalized spacial score (nSPS) is 11.0. The van der Waals surface area contributed by atoms with Gasteiger partial charge in [0.15, 0.2) is 0 Å². The topological polar surface area (TPSA) is 22.1 Å². The fraction of sp³-hybridized carbons (Fsp3) is 0. The van der Waals surface area contributed by atoms with Gasteiger partial charge < -0.3 is 4.74 Å². The Morgan fingerprint density at radius 2 is 1.37 bits per heavy atom. The van der Waals surface area contributed by atoms with Crippen LogP contribution in [0.2, 0.25) is 0 Å². The molecule has 128 valence electrons. The molecule has 4 aromatic carbocycles. The summed E-state index contributed by atoms with van der Waals surface area (Å²) in [6, 6.07) is 33.0. The number of pyridine rings is 1. The van der Waals surface area contributed by atoms with Crippen molar-refractivity contribution in [3.63, 3.8) is 0 Å². The van der Waals surface area contributed by atoms with E-state index in [4.69, 9.17) is 4.74 Å². The highest BCUT2D eigenvalue weighted by atomic mass is 16.5. The summed E-state index contributed by atoms with van der Waals surface area (Å²) in [4.78, 5) is 4.53. The van der Waals surface area contributed by atoms with E-state index in [1.807, 2.05) is 42.5 Å². The van der Waals surface area contributed by atoms with Crippen LogP contribution >= 0.6 is 0 Å². The Bertz CT molecular complexity index is 1250. The zero-order valence-corrected chi connectivity index (χ0v) is 14.7. The van der Waals surface area contributed by atoms with Gasteiger partial charge in [0.1, 0.15) is 5.75 Å². The first-order chi connectivity index (χ1) is 13.4. The first kappa shape index (κ1) is 15.6. The molecule has 0 bridgehead atoms. The summed E-state index contributed by atoms with van der Waals surface area (Å²) < 4.78 is 6.25. The number of fused-ring (bicyclic) bond motifs is 3. The van der Waals surface area contributed by atoms with Crippen molar-refractivity contribution in [1.29, 1.82) is 0 Å². The van der Waals surface area contributed by atoms with E-state index in [-0.39, 0.29) is 0 Å². The van der Waals surface area contributed by atoms with Gasteiger partial charge in [-0.15, -0.1) is 0 Å². The quantitative estimate of drug-likeness (QED) is 0.333. The van der Waals surface area contributed by atoms with Gasteiger partial charge in [0.25, 0.3) is 0 Å². The van der Waals surface area contributed by atoms with Gasteiger partial charge in [-0.05, 0) is 45.5 Å². The van der Waals surface area contributed by atoms with E-state index < -0.39 is 0 Å². The van der Waals surface area contributed by atoms with Crippen molar-refractivity contribution in [1.82, 2.24) is 4.98 Å². The van der Waals surface area contributed by atoms with E-state index in [0.29, 0.717) is 5.88 Å². The van der Waals surface area contributed by atoms with Crippen LogP contribution in [0.25, 0.3) is 32.7 Å². The van der Waals surface area contributed by atoms with Gasteiger partial charge in [-0.2, -0.15) is 0 Å². The molecule has 2 nitrogen and oxygen atoms in total. The molecule has 0 aliphatic heterocycles. The monoisotopic (exact) mass is 347 g/mol. The number of hydrogen-bond donors (Lipinski definition) is 0. The number of nitrogens with zero attached hydrogens (tertiary/aromatic N) is 1. The number of benzene rings is 4. The van der Waals surface area contributed by atoms with E-state index >= 15 is 0 Å². The van der Waals surface area contributed by atoms with Gasteiger partial charge in [0.2, 0.25) is 5.88 Å². The Labute approximate surface area is 157 Å². The molecule has 0 saturated carbocycles. The number of hydrogen-bond acceptors (Lipinski definition) is 2. The van der Waals surface area contributed by atoms with E-state index in [2.05, 4.69) is 59.6 Å². The lowest BCUT2D eigenvalue weighted by molar-refractivity contribution is 0.470. The predicted octanol–water partition coefficient (Wildman–Crippen LogP) is 6.85. The zero-order valence-electron chi connectivity index (χ0n) is 14.7. The van der Waals surface area contributed by atoms with Crippen LogP contribution in [0.1, 0.15) is 0 Å². The molecule has 0 saturated heterocycles. The second kappa shape index (κ2) is 6.58. The second-order valence-electron chi connectivity index (χ2n) is 6.50. The predicted molar refractivity (Wildman–Crippen MR) is 111 cm³/mol. The Balaban J connectivity index is 1.62. The van der Waals surface area contributed by atoms with Crippen LogP contribution < -0.4 is 4.74 Å². The standard InChI is InChI=1S/C25H17NO/c1-2-7-18(8-3-1)21-10-6-11-22(17-21)27-25-24-20(15-16-26-25)14-13-19-9-4-5-12-23(19)24/h1-17H. The summed E-state index contributed by atoms with van der Waals surface area (Å²) in [5.41, 5.74) is 2.29. The molecule has 2 heteroatoms. The third-order valence-corrected chi connectivity index (χ3v) is 4.78. The van der Waals surface area contributed by atoms with Crippen LogP contribution in [0.5, 0.6) is 11.6 Å². The lowest BCUT2D eigenvalue weighted by Crippen LogP contribution is -1.91. The van der Waals surface area contributed by atoms with Crippen LogP contribution in [0.4, 0.5) is 0 Å². The first-order valence-electron chi connectivity index (χ1n) is 8.98. The first-order valence-corrected chi connectivity index (χ1v) is 8.98. The highest BCUT2D eigenvalue weighted by Crippen LogP contribution is 2.34. The third-order valence-electron chi connectivity index (χ3n) is 4.78. The van der Waals surface area contributed by atoms with Gasteiger partial charge in [0, 0.05) is 6.20 Å². The van der Waals surface area contributed by atoms with Gasteiger partial charge in [-0.25, -0.2) is 4.98 Å². The number of rotatable bonds is 3. The fourth-order valence-electron chi connectivity index (χ4n) is 3.47. The largest absolute Gasteiger partial charge is 0.438 e. The summed E-state index contributed by atoms with van der Waals surface area (Å²) in [6.45, 7) is 0. The van der Waals surface area contributed by atoms with Gasteiger partial charge >= 0.3 is 0 Å². The molecule has 27 heavy (non-hydrogen) atoms. The minimum Gasteiger partial charge on any atom is -0.438 e. The lowest BCUT2D eigenvalue weighted by atomic mass is 10.0. The Morgan fingerprint density at radius 3 is 2.30 bits per heavy atom. The van der Waals surface area contributed by atoms with Crippen molar-refractivity contribution >= 4 is 21.5 Å². The molecular formula is C25H17NO. The highest BCUT2D eigenvalue weighted by Gasteiger charge is 2.09. The van der Waals surface area contributed by atoms with E-state index in [1.165, 1.54) is 10.9 Å². The lowest BCUT2D eigenvalue weighted by Gasteiger charge is -2.11. The van der Waals surface area contributed by atoms with Crippen LogP contribution in [-0.4, -0.2) is 4.98 Å². The fourth-order valence-corrected chi connectivity index (χ4v) is 3.47. The molecule has 1 heterocycles. The van der Waals surface area contributed by atoms with Gasteiger partial charge in [-0.3, -0.25) is 0 Å². The number of ether oxygens (including phenoxy) is 1. The molecule has 0 radical (unpaired) electrons. The summed E-state index contributed by atoms with van der Waals surface area (Å²) in [7, 11) is 0. The molecule has 0 amide bonds. The average molecular weight is 347 g/mol. The maximum atomic E-state index is 6.25. The smallest absolute Gasteiger partial charge is 0.227 e. The molecule has 1 aromatic heterocycles. The average Bonchev–Trinajstić information content (AvgIpc) is 2.74. The number of aromatic nitrogens is 1. The van der Waals surface area contributed by atoms with Crippen molar-refractivity contribution in [3.05, 3.63) is 103 Å². The summed E-state index contributed by atoms with van der Waals surface area (Å²) >= 11 is 0. The Hall–Kier alpha value is -3.65. The third kappa shape index (κ3) is 2.91. The molecule has 0 aliphatic rings. The molecule has 0 fully saturated rings. The van der Waals surface area contributed by atoms with Gasteiger partial charge in [0.05, 0.1) is 5.39 Å². The van der Waals surface area contributed by atoms with E-state index in [9.17, 15) is 0 Å². The Morgan fingerprint density at radius 1 is 0.593 bits per heavy atom. The molecule has 0 N–H and O–H groups in total. The van der Waals surface area contributed by atoms with E-state index in [1.54, 1.807) is 6.20 Å². The van der Waals surface area contributed by atoms with Crippen LogP contribution in [0, 0.1) is 0 Å².